The van der Waals surface area contributed by atoms with Crippen molar-refractivity contribution >= 4 is 11.3 Å². The van der Waals surface area contributed by atoms with Gasteiger partial charge in [0.1, 0.15) is 5.75 Å². The minimum atomic E-state index is 0.122. The molecule has 1 aliphatic rings. The van der Waals surface area contributed by atoms with Gasteiger partial charge in [0.15, 0.2) is 0 Å². The molecule has 0 saturated carbocycles. The molecule has 3 rings (SSSR count). The average molecular weight is 261 g/mol. The van der Waals surface area contributed by atoms with Gasteiger partial charge in [-0.25, -0.2) is 0 Å². The second-order valence-corrected chi connectivity index (χ2v) is 5.33. The molecule has 1 unspecified atom stereocenters. The van der Waals surface area contributed by atoms with Crippen LogP contribution in [-0.4, -0.2) is 11.6 Å². The van der Waals surface area contributed by atoms with E-state index in [9.17, 15) is 0 Å². The molecule has 1 atom stereocenters. The van der Waals surface area contributed by atoms with Crippen LogP contribution < -0.4 is 16.0 Å². The van der Waals surface area contributed by atoms with Gasteiger partial charge in [0.05, 0.1) is 18.2 Å². The van der Waals surface area contributed by atoms with E-state index in [4.69, 9.17) is 10.6 Å². The molecule has 1 aromatic carbocycles. The van der Waals surface area contributed by atoms with E-state index in [1.807, 2.05) is 17.8 Å². The van der Waals surface area contributed by atoms with E-state index in [2.05, 4.69) is 22.5 Å². The number of hydrogen-bond acceptors (Lipinski definition) is 5. The molecular weight excluding hydrogens is 246 g/mol. The summed E-state index contributed by atoms with van der Waals surface area (Å²) in [6.07, 6.45) is 3.74. The van der Waals surface area contributed by atoms with Crippen molar-refractivity contribution in [3.05, 3.63) is 45.9 Å². The van der Waals surface area contributed by atoms with Gasteiger partial charge in [-0.2, -0.15) is 0 Å². The molecule has 0 amide bonds. The van der Waals surface area contributed by atoms with Crippen LogP contribution in [0.25, 0.3) is 0 Å². The molecule has 2 heterocycles. The molecule has 0 radical (unpaired) electrons. The third-order valence-corrected chi connectivity index (χ3v) is 4.01. The number of hydrogen-bond donors (Lipinski definition) is 2. The summed E-state index contributed by atoms with van der Waals surface area (Å²) in [5.41, 5.74) is 7.21. The van der Waals surface area contributed by atoms with E-state index in [-0.39, 0.29) is 6.04 Å². The van der Waals surface area contributed by atoms with Crippen molar-refractivity contribution in [3.8, 4) is 5.75 Å². The maximum atomic E-state index is 5.67. The Morgan fingerprint density at radius 1 is 1.50 bits per heavy atom. The fraction of sp³-hybridized carbons (Fsp3) is 0.308. The van der Waals surface area contributed by atoms with Crippen molar-refractivity contribution in [2.45, 2.75) is 18.9 Å². The standard InChI is InChI=1S/C13H15N3OS/c14-16-12(6-11-7-15-8-18-11)9-1-2-13-10(5-9)3-4-17-13/h1-2,5,7-8,12,16H,3-4,6,14H2. The zero-order valence-corrected chi connectivity index (χ0v) is 10.7. The van der Waals surface area contributed by atoms with Crippen LogP contribution in [0.4, 0.5) is 0 Å². The Bertz CT molecular complexity index is 527. The second kappa shape index (κ2) is 5.06. The van der Waals surface area contributed by atoms with Crippen LogP contribution in [0.5, 0.6) is 5.75 Å². The Hall–Kier alpha value is -1.43. The number of ether oxygens (including phenoxy) is 1. The minimum absolute atomic E-state index is 0.122. The number of benzene rings is 1. The van der Waals surface area contributed by atoms with Gasteiger partial charge in [-0.05, 0) is 17.2 Å². The van der Waals surface area contributed by atoms with Crippen LogP contribution in [0.2, 0.25) is 0 Å². The van der Waals surface area contributed by atoms with Gasteiger partial charge in [-0.3, -0.25) is 16.3 Å². The lowest BCUT2D eigenvalue weighted by Crippen LogP contribution is -2.29. The minimum Gasteiger partial charge on any atom is -0.493 e. The molecule has 3 N–H and O–H groups in total. The number of thiazole rings is 1. The normalized spacial score (nSPS) is 15.2. The number of nitrogens with two attached hydrogens (primary N) is 1. The summed E-state index contributed by atoms with van der Waals surface area (Å²) in [4.78, 5) is 5.32. The molecule has 4 nitrogen and oxygen atoms in total. The Morgan fingerprint density at radius 2 is 2.44 bits per heavy atom. The van der Waals surface area contributed by atoms with E-state index in [0.717, 1.165) is 25.2 Å². The van der Waals surface area contributed by atoms with E-state index in [0.29, 0.717) is 0 Å². The molecular formula is C13H15N3OS. The first-order valence-electron chi connectivity index (χ1n) is 5.96. The van der Waals surface area contributed by atoms with Crippen LogP contribution >= 0.6 is 11.3 Å². The monoisotopic (exact) mass is 261 g/mol. The molecule has 0 spiro atoms. The highest BCUT2D eigenvalue weighted by atomic mass is 32.1. The molecule has 0 bridgehead atoms. The first kappa shape index (κ1) is 11.6. The van der Waals surface area contributed by atoms with Gasteiger partial charge in [0.2, 0.25) is 0 Å². The van der Waals surface area contributed by atoms with Crippen molar-refractivity contribution in [1.82, 2.24) is 10.4 Å². The van der Waals surface area contributed by atoms with Crippen LogP contribution in [0.15, 0.2) is 29.9 Å². The van der Waals surface area contributed by atoms with Gasteiger partial charge in [0, 0.05) is 23.9 Å². The summed E-state index contributed by atoms with van der Waals surface area (Å²) in [5.74, 6) is 6.68. The van der Waals surface area contributed by atoms with E-state index in [1.54, 1.807) is 11.3 Å². The number of hydrazine groups is 1. The third-order valence-electron chi connectivity index (χ3n) is 3.21. The first-order valence-corrected chi connectivity index (χ1v) is 6.84. The summed E-state index contributed by atoms with van der Waals surface area (Å²) in [5, 5.41) is 0. The summed E-state index contributed by atoms with van der Waals surface area (Å²) >= 11 is 1.66. The summed E-state index contributed by atoms with van der Waals surface area (Å²) < 4.78 is 5.51. The smallest absolute Gasteiger partial charge is 0.122 e. The van der Waals surface area contributed by atoms with Crippen LogP contribution in [0.3, 0.4) is 0 Å². The van der Waals surface area contributed by atoms with Crippen LogP contribution in [0.1, 0.15) is 22.0 Å². The molecule has 18 heavy (non-hydrogen) atoms. The molecule has 1 aromatic heterocycles. The predicted octanol–water partition coefficient (Wildman–Crippen LogP) is 1.83. The molecule has 0 aliphatic carbocycles. The zero-order valence-electron chi connectivity index (χ0n) is 9.93. The van der Waals surface area contributed by atoms with Crippen molar-refractivity contribution in [1.29, 1.82) is 0 Å². The largest absolute Gasteiger partial charge is 0.493 e. The summed E-state index contributed by atoms with van der Waals surface area (Å²) in [7, 11) is 0. The lowest BCUT2D eigenvalue weighted by molar-refractivity contribution is 0.356. The number of nitrogens with zero attached hydrogens (tertiary/aromatic N) is 1. The maximum absolute atomic E-state index is 5.67. The number of nitrogens with one attached hydrogen (secondary N) is 1. The Morgan fingerprint density at radius 3 is 3.22 bits per heavy atom. The molecule has 2 aromatic rings. The SMILES string of the molecule is NNC(Cc1cncs1)c1ccc2c(c1)CCO2. The van der Waals surface area contributed by atoms with E-state index >= 15 is 0 Å². The highest BCUT2D eigenvalue weighted by Crippen LogP contribution is 2.29. The molecule has 0 saturated heterocycles. The van der Waals surface area contributed by atoms with Crippen molar-refractivity contribution in [2.75, 3.05) is 6.61 Å². The Balaban J connectivity index is 1.83. The van der Waals surface area contributed by atoms with Crippen molar-refractivity contribution < 1.29 is 4.74 Å². The molecule has 1 aliphatic heterocycles. The van der Waals surface area contributed by atoms with Gasteiger partial charge >= 0.3 is 0 Å². The Labute approximate surface area is 110 Å². The average Bonchev–Trinajstić information content (AvgIpc) is 3.06. The van der Waals surface area contributed by atoms with Crippen LogP contribution in [0, 0.1) is 0 Å². The maximum Gasteiger partial charge on any atom is 0.122 e. The number of aromatic nitrogens is 1. The van der Waals surface area contributed by atoms with Crippen molar-refractivity contribution in [3.63, 3.8) is 0 Å². The van der Waals surface area contributed by atoms with Gasteiger partial charge in [-0.1, -0.05) is 12.1 Å². The zero-order chi connectivity index (χ0) is 12.4. The highest BCUT2D eigenvalue weighted by Gasteiger charge is 2.17. The topological polar surface area (TPSA) is 60.2 Å². The fourth-order valence-corrected chi connectivity index (χ4v) is 2.88. The van der Waals surface area contributed by atoms with Crippen molar-refractivity contribution in [2.24, 2.45) is 5.84 Å². The van der Waals surface area contributed by atoms with Gasteiger partial charge < -0.3 is 4.74 Å². The number of fused-ring (bicyclic) bond motifs is 1. The lowest BCUT2D eigenvalue weighted by atomic mass is 10.0. The van der Waals surface area contributed by atoms with E-state index in [1.165, 1.54) is 16.0 Å². The molecule has 5 heteroatoms. The third kappa shape index (κ3) is 2.25. The van der Waals surface area contributed by atoms with Gasteiger partial charge in [0.25, 0.3) is 0 Å². The highest BCUT2D eigenvalue weighted by molar-refractivity contribution is 7.09. The molecule has 0 fully saturated rings. The number of rotatable bonds is 4. The van der Waals surface area contributed by atoms with E-state index < -0.39 is 0 Å². The first-order chi connectivity index (χ1) is 8.86. The summed E-state index contributed by atoms with van der Waals surface area (Å²) in [6, 6.07) is 6.43. The second-order valence-electron chi connectivity index (χ2n) is 4.36. The fourth-order valence-electron chi connectivity index (χ4n) is 2.24. The predicted molar refractivity (Wildman–Crippen MR) is 71.5 cm³/mol. The quantitative estimate of drug-likeness (QED) is 0.651. The van der Waals surface area contributed by atoms with Crippen LogP contribution in [-0.2, 0) is 12.8 Å². The summed E-state index contributed by atoms with van der Waals surface area (Å²) in [6.45, 7) is 0.786. The lowest BCUT2D eigenvalue weighted by Gasteiger charge is -2.16. The van der Waals surface area contributed by atoms with Gasteiger partial charge in [-0.15, -0.1) is 11.3 Å². The Kier molecular flexibility index (Phi) is 3.27. The molecule has 94 valence electrons.